The minimum atomic E-state index is -0.378. The lowest BCUT2D eigenvalue weighted by molar-refractivity contribution is -0.148. The SMILES string of the molecule is Cc1noc(C)c1CCC(=O)OCC(=O)N[C@@H]1CCCC[C@H]1C. The summed E-state index contributed by atoms with van der Waals surface area (Å²) in [4.78, 5) is 23.7. The summed E-state index contributed by atoms with van der Waals surface area (Å²) in [5, 5.41) is 6.82. The number of amides is 1. The van der Waals surface area contributed by atoms with E-state index in [1.807, 2.05) is 13.8 Å². The van der Waals surface area contributed by atoms with Crippen LogP contribution in [0.3, 0.4) is 0 Å². The third-order valence-corrected chi connectivity index (χ3v) is 4.58. The number of esters is 1. The molecule has 0 bridgehead atoms. The van der Waals surface area contributed by atoms with Gasteiger partial charge < -0.3 is 14.6 Å². The molecule has 0 saturated heterocycles. The van der Waals surface area contributed by atoms with E-state index < -0.39 is 0 Å². The molecule has 0 radical (unpaired) electrons. The molecule has 128 valence electrons. The average molecular weight is 322 g/mol. The normalized spacial score (nSPS) is 21.0. The highest BCUT2D eigenvalue weighted by Gasteiger charge is 2.23. The third kappa shape index (κ3) is 5.08. The number of nitrogens with zero attached hydrogens (tertiary/aromatic N) is 1. The van der Waals surface area contributed by atoms with Gasteiger partial charge >= 0.3 is 5.97 Å². The number of ether oxygens (including phenoxy) is 1. The van der Waals surface area contributed by atoms with Gasteiger partial charge in [0, 0.05) is 18.0 Å². The van der Waals surface area contributed by atoms with Gasteiger partial charge in [0.25, 0.3) is 5.91 Å². The molecule has 2 rings (SSSR count). The molecule has 1 aromatic heterocycles. The Balaban J connectivity index is 1.68. The van der Waals surface area contributed by atoms with Crippen molar-refractivity contribution in [2.45, 2.75) is 65.3 Å². The van der Waals surface area contributed by atoms with Crippen molar-refractivity contribution in [3.05, 3.63) is 17.0 Å². The summed E-state index contributed by atoms with van der Waals surface area (Å²) in [6.45, 7) is 5.61. The van der Waals surface area contributed by atoms with Gasteiger partial charge in [0.05, 0.1) is 5.69 Å². The molecular formula is C17H26N2O4. The van der Waals surface area contributed by atoms with Crippen molar-refractivity contribution < 1.29 is 18.8 Å². The Morgan fingerprint density at radius 1 is 1.30 bits per heavy atom. The van der Waals surface area contributed by atoms with Crippen LogP contribution in [0.25, 0.3) is 0 Å². The Kier molecular flexibility index (Phi) is 6.19. The van der Waals surface area contributed by atoms with Crippen molar-refractivity contribution in [3.8, 4) is 0 Å². The largest absolute Gasteiger partial charge is 0.456 e. The summed E-state index contributed by atoms with van der Waals surface area (Å²) < 4.78 is 10.1. The second-order valence-corrected chi connectivity index (χ2v) is 6.40. The molecule has 1 aliphatic carbocycles. The van der Waals surface area contributed by atoms with Gasteiger partial charge in [-0.1, -0.05) is 24.9 Å². The maximum atomic E-state index is 11.9. The van der Waals surface area contributed by atoms with Gasteiger partial charge in [0.15, 0.2) is 6.61 Å². The molecule has 0 aliphatic heterocycles. The molecule has 1 fully saturated rings. The zero-order valence-corrected chi connectivity index (χ0v) is 14.2. The maximum Gasteiger partial charge on any atom is 0.306 e. The Morgan fingerprint density at radius 3 is 2.70 bits per heavy atom. The Hall–Kier alpha value is -1.85. The van der Waals surface area contributed by atoms with Crippen molar-refractivity contribution in [2.75, 3.05) is 6.61 Å². The Morgan fingerprint density at radius 2 is 2.04 bits per heavy atom. The Bertz CT molecular complexity index is 533. The maximum absolute atomic E-state index is 11.9. The van der Waals surface area contributed by atoms with E-state index in [9.17, 15) is 9.59 Å². The van der Waals surface area contributed by atoms with Crippen LogP contribution in [0.5, 0.6) is 0 Å². The van der Waals surface area contributed by atoms with E-state index in [0.717, 1.165) is 36.3 Å². The predicted molar refractivity (Wildman–Crippen MR) is 84.8 cm³/mol. The summed E-state index contributed by atoms with van der Waals surface area (Å²) in [7, 11) is 0. The lowest BCUT2D eigenvalue weighted by Crippen LogP contribution is -2.42. The number of hydrogen-bond acceptors (Lipinski definition) is 5. The van der Waals surface area contributed by atoms with E-state index in [1.165, 1.54) is 6.42 Å². The summed E-state index contributed by atoms with van der Waals surface area (Å²) >= 11 is 0. The first-order chi connectivity index (χ1) is 11.0. The van der Waals surface area contributed by atoms with Crippen LogP contribution in [-0.4, -0.2) is 29.7 Å². The summed E-state index contributed by atoms with van der Waals surface area (Å²) in [5.74, 6) is 0.619. The molecule has 0 unspecified atom stereocenters. The van der Waals surface area contributed by atoms with Crippen LogP contribution < -0.4 is 5.32 Å². The first-order valence-corrected chi connectivity index (χ1v) is 8.34. The minimum absolute atomic E-state index is 0.205. The molecular weight excluding hydrogens is 296 g/mol. The highest BCUT2D eigenvalue weighted by molar-refractivity contribution is 5.80. The van der Waals surface area contributed by atoms with Gasteiger partial charge in [-0.3, -0.25) is 9.59 Å². The van der Waals surface area contributed by atoms with Crippen LogP contribution in [0.2, 0.25) is 0 Å². The number of aromatic nitrogens is 1. The van der Waals surface area contributed by atoms with E-state index in [2.05, 4.69) is 17.4 Å². The number of carbonyl (C=O) groups excluding carboxylic acids is 2. The number of carbonyl (C=O) groups is 2. The van der Waals surface area contributed by atoms with E-state index in [-0.39, 0.29) is 30.9 Å². The first-order valence-electron chi connectivity index (χ1n) is 8.34. The molecule has 1 amide bonds. The van der Waals surface area contributed by atoms with Crippen molar-refractivity contribution in [2.24, 2.45) is 5.92 Å². The van der Waals surface area contributed by atoms with Crippen LogP contribution in [0.1, 0.15) is 56.0 Å². The van der Waals surface area contributed by atoms with E-state index in [1.54, 1.807) is 0 Å². The van der Waals surface area contributed by atoms with E-state index in [0.29, 0.717) is 12.3 Å². The van der Waals surface area contributed by atoms with Gasteiger partial charge in [-0.2, -0.15) is 0 Å². The quantitative estimate of drug-likeness (QED) is 0.814. The topological polar surface area (TPSA) is 81.4 Å². The molecule has 1 N–H and O–H groups in total. The van der Waals surface area contributed by atoms with Gasteiger partial charge in [-0.15, -0.1) is 0 Å². The lowest BCUT2D eigenvalue weighted by atomic mass is 9.86. The fourth-order valence-electron chi connectivity index (χ4n) is 3.08. The summed E-state index contributed by atoms with van der Waals surface area (Å²) in [6, 6.07) is 0.206. The van der Waals surface area contributed by atoms with Gasteiger partial charge in [0.1, 0.15) is 5.76 Å². The molecule has 6 heteroatoms. The van der Waals surface area contributed by atoms with E-state index >= 15 is 0 Å². The monoisotopic (exact) mass is 322 g/mol. The van der Waals surface area contributed by atoms with Gasteiger partial charge in [-0.25, -0.2) is 0 Å². The van der Waals surface area contributed by atoms with Crippen LogP contribution in [0, 0.1) is 19.8 Å². The van der Waals surface area contributed by atoms with Crippen LogP contribution in [0.4, 0.5) is 0 Å². The highest BCUT2D eigenvalue weighted by atomic mass is 16.5. The van der Waals surface area contributed by atoms with Crippen molar-refractivity contribution >= 4 is 11.9 Å². The minimum Gasteiger partial charge on any atom is -0.456 e. The summed E-state index contributed by atoms with van der Waals surface area (Å²) in [5.41, 5.74) is 1.72. The second kappa shape index (κ2) is 8.13. The van der Waals surface area contributed by atoms with Crippen LogP contribution in [-0.2, 0) is 20.7 Å². The van der Waals surface area contributed by atoms with Crippen LogP contribution in [0.15, 0.2) is 4.52 Å². The van der Waals surface area contributed by atoms with Gasteiger partial charge in [-0.05, 0) is 39.0 Å². The molecule has 1 heterocycles. The van der Waals surface area contributed by atoms with Crippen molar-refractivity contribution in [1.82, 2.24) is 10.5 Å². The highest BCUT2D eigenvalue weighted by Crippen LogP contribution is 2.23. The first kappa shape index (κ1) is 17.5. The number of nitrogens with one attached hydrogen (secondary N) is 1. The fourth-order valence-corrected chi connectivity index (χ4v) is 3.08. The molecule has 1 aliphatic rings. The standard InChI is InChI=1S/C17H26N2O4/c1-11-6-4-5-7-15(11)18-16(20)10-22-17(21)9-8-14-12(2)19-23-13(14)3/h11,15H,4-10H2,1-3H3,(H,18,20)/t11-,15-/m1/s1. The molecule has 23 heavy (non-hydrogen) atoms. The van der Waals surface area contributed by atoms with E-state index in [4.69, 9.17) is 9.26 Å². The molecule has 0 spiro atoms. The third-order valence-electron chi connectivity index (χ3n) is 4.58. The zero-order valence-electron chi connectivity index (χ0n) is 14.2. The molecule has 2 atom stereocenters. The molecule has 1 saturated carbocycles. The summed E-state index contributed by atoms with van der Waals surface area (Å²) in [6.07, 6.45) is 5.25. The average Bonchev–Trinajstić information content (AvgIpc) is 2.84. The fraction of sp³-hybridized carbons (Fsp3) is 0.706. The number of aryl methyl sites for hydroxylation is 2. The lowest BCUT2D eigenvalue weighted by Gasteiger charge is -2.29. The Labute approximate surface area is 136 Å². The number of rotatable bonds is 6. The molecule has 1 aromatic rings. The number of hydrogen-bond donors (Lipinski definition) is 1. The molecule has 0 aromatic carbocycles. The van der Waals surface area contributed by atoms with Crippen LogP contribution >= 0.6 is 0 Å². The van der Waals surface area contributed by atoms with Crippen molar-refractivity contribution in [3.63, 3.8) is 0 Å². The van der Waals surface area contributed by atoms with Gasteiger partial charge in [0.2, 0.25) is 0 Å². The van der Waals surface area contributed by atoms with Crippen molar-refractivity contribution in [1.29, 1.82) is 0 Å². The second-order valence-electron chi connectivity index (χ2n) is 6.40. The predicted octanol–water partition coefficient (Wildman–Crippen LogP) is 2.46. The zero-order chi connectivity index (χ0) is 16.8. The molecule has 6 nitrogen and oxygen atoms in total. The smallest absolute Gasteiger partial charge is 0.306 e.